The number of carbonyl (C=O) groups excluding carboxylic acids is 1. The molecular weight excluding hydrogens is 212 g/mol. The molecule has 92 valence electrons. The Bertz CT molecular complexity index is 372. The molecule has 1 aliphatic heterocycles. The van der Waals surface area contributed by atoms with Gasteiger partial charge in [0.2, 0.25) is 5.91 Å². The molecule has 0 aromatic heterocycles. The summed E-state index contributed by atoms with van der Waals surface area (Å²) in [5, 5.41) is 0. The van der Waals surface area contributed by atoms with E-state index < -0.39 is 0 Å². The van der Waals surface area contributed by atoms with Gasteiger partial charge in [0.05, 0.1) is 0 Å². The third-order valence-corrected chi connectivity index (χ3v) is 3.29. The predicted octanol–water partition coefficient (Wildman–Crippen LogP) is 2.21. The molecular formula is C14H20N2O. The van der Waals surface area contributed by atoms with E-state index in [1.165, 1.54) is 5.56 Å². The van der Waals surface area contributed by atoms with Crippen LogP contribution < -0.4 is 5.73 Å². The number of likely N-dealkylation sites (tertiary alicyclic amines) is 1. The largest absolute Gasteiger partial charge is 0.399 e. The van der Waals surface area contributed by atoms with Gasteiger partial charge >= 0.3 is 0 Å². The zero-order valence-corrected chi connectivity index (χ0v) is 10.2. The van der Waals surface area contributed by atoms with Crippen LogP contribution >= 0.6 is 0 Å². The lowest BCUT2D eigenvalue weighted by Crippen LogP contribution is -2.36. The van der Waals surface area contributed by atoms with Crippen LogP contribution in [0.25, 0.3) is 0 Å². The Labute approximate surface area is 103 Å². The number of piperidine rings is 1. The van der Waals surface area contributed by atoms with E-state index in [0.29, 0.717) is 5.91 Å². The fraction of sp³-hybridized carbons (Fsp3) is 0.500. The first-order valence-corrected chi connectivity index (χ1v) is 6.38. The molecule has 1 aliphatic rings. The van der Waals surface area contributed by atoms with Gasteiger partial charge in [-0.15, -0.1) is 0 Å². The molecule has 1 amide bonds. The Morgan fingerprint density at radius 3 is 2.65 bits per heavy atom. The Balaban J connectivity index is 1.75. The average Bonchev–Trinajstić information content (AvgIpc) is 2.34. The molecule has 1 aromatic carbocycles. The number of hydrogen-bond acceptors (Lipinski definition) is 2. The SMILES string of the molecule is Nc1ccc(CCCN2CCCCC2=O)cc1. The van der Waals surface area contributed by atoms with Crippen molar-refractivity contribution in [2.24, 2.45) is 0 Å². The van der Waals surface area contributed by atoms with Crippen LogP contribution in [-0.2, 0) is 11.2 Å². The summed E-state index contributed by atoms with van der Waals surface area (Å²) >= 11 is 0. The van der Waals surface area contributed by atoms with Crippen LogP contribution in [0.15, 0.2) is 24.3 Å². The molecule has 0 bridgehead atoms. The van der Waals surface area contributed by atoms with E-state index in [4.69, 9.17) is 5.73 Å². The van der Waals surface area contributed by atoms with Crippen molar-refractivity contribution in [1.82, 2.24) is 4.90 Å². The van der Waals surface area contributed by atoms with Gasteiger partial charge in [0.25, 0.3) is 0 Å². The fourth-order valence-electron chi connectivity index (χ4n) is 2.26. The fourth-order valence-corrected chi connectivity index (χ4v) is 2.26. The number of benzene rings is 1. The summed E-state index contributed by atoms with van der Waals surface area (Å²) in [7, 11) is 0. The van der Waals surface area contributed by atoms with Gasteiger partial charge in [-0.25, -0.2) is 0 Å². The minimum atomic E-state index is 0.327. The topological polar surface area (TPSA) is 46.3 Å². The quantitative estimate of drug-likeness (QED) is 0.809. The predicted molar refractivity (Wildman–Crippen MR) is 69.6 cm³/mol. The zero-order chi connectivity index (χ0) is 12.1. The van der Waals surface area contributed by atoms with Crippen molar-refractivity contribution in [2.75, 3.05) is 18.8 Å². The summed E-state index contributed by atoms with van der Waals surface area (Å²) < 4.78 is 0. The Morgan fingerprint density at radius 2 is 1.94 bits per heavy atom. The zero-order valence-electron chi connectivity index (χ0n) is 10.2. The van der Waals surface area contributed by atoms with Crippen molar-refractivity contribution in [3.8, 4) is 0 Å². The summed E-state index contributed by atoms with van der Waals surface area (Å²) in [5.41, 5.74) is 7.74. The second kappa shape index (κ2) is 5.71. The first-order valence-electron chi connectivity index (χ1n) is 6.38. The van der Waals surface area contributed by atoms with Crippen LogP contribution in [0.2, 0.25) is 0 Å². The molecule has 2 rings (SSSR count). The molecule has 0 unspecified atom stereocenters. The molecule has 1 heterocycles. The van der Waals surface area contributed by atoms with Gasteiger partial charge in [-0.05, 0) is 43.4 Å². The molecule has 0 atom stereocenters. The lowest BCUT2D eigenvalue weighted by atomic mass is 10.1. The summed E-state index contributed by atoms with van der Waals surface area (Å²) in [6, 6.07) is 7.99. The average molecular weight is 232 g/mol. The smallest absolute Gasteiger partial charge is 0.222 e. The van der Waals surface area contributed by atoms with Gasteiger partial charge in [-0.1, -0.05) is 12.1 Å². The van der Waals surface area contributed by atoms with Crippen LogP contribution in [0.4, 0.5) is 5.69 Å². The maximum absolute atomic E-state index is 11.6. The number of amides is 1. The van der Waals surface area contributed by atoms with E-state index in [2.05, 4.69) is 12.1 Å². The van der Waals surface area contributed by atoms with Crippen LogP contribution in [0.5, 0.6) is 0 Å². The van der Waals surface area contributed by atoms with Gasteiger partial charge in [0.1, 0.15) is 0 Å². The molecule has 1 aromatic rings. The van der Waals surface area contributed by atoms with Crippen LogP contribution in [-0.4, -0.2) is 23.9 Å². The maximum Gasteiger partial charge on any atom is 0.222 e. The van der Waals surface area contributed by atoms with Crippen LogP contribution in [0.3, 0.4) is 0 Å². The van der Waals surface area contributed by atoms with Gasteiger partial charge in [0, 0.05) is 25.2 Å². The minimum absolute atomic E-state index is 0.327. The first-order chi connectivity index (χ1) is 8.25. The molecule has 0 saturated carbocycles. The molecule has 0 radical (unpaired) electrons. The summed E-state index contributed by atoms with van der Waals surface area (Å²) in [5.74, 6) is 0.327. The summed E-state index contributed by atoms with van der Waals surface area (Å²) in [6.07, 6.45) is 5.02. The maximum atomic E-state index is 11.6. The second-order valence-corrected chi connectivity index (χ2v) is 4.68. The minimum Gasteiger partial charge on any atom is -0.399 e. The molecule has 2 N–H and O–H groups in total. The normalized spacial score (nSPS) is 16.2. The van der Waals surface area contributed by atoms with E-state index in [-0.39, 0.29) is 0 Å². The Hall–Kier alpha value is -1.51. The van der Waals surface area contributed by atoms with E-state index in [1.807, 2.05) is 17.0 Å². The Morgan fingerprint density at radius 1 is 1.18 bits per heavy atom. The number of carbonyl (C=O) groups is 1. The van der Waals surface area contributed by atoms with E-state index in [9.17, 15) is 4.79 Å². The van der Waals surface area contributed by atoms with Gasteiger partial charge in [-0.2, -0.15) is 0 Å². The lowest BCUT2D eigenvalue weighted by Gasteiger charge is -2.26. The van der Waals surface area contributed by atoms with Gasteiger partial charge < -0.3 is 10.6 Å². The second-order valence-electron chi connectivity index (χ2n) is 4.68. The van der Waals surface area contributed by atoms with E-state index >= 15 is 0 Å². The molecule has 0 spiro atoms. The molecule has 3 heteroatoms. The highest BCUT2D eigenvalue weighted by molar-refractivity contribution is 5.76. The van der Waals surface area contributed by atoms with Gasteiger partial charge in [-0.3, -0.25) is 4.79 Å². The van der Waals surface area contributed by atoms with E-state index in [0.717, 1.165) is 50.9 Å². The van der Waals surface area contributed by atoms with Crippen molar-refractivity contribution < 1.29 is 4.79 Å². The molecule has 3 nitrogen and oxygen atoms in total. The molecule has 1 saturated heterocycles. The third-order valence-electron chi connectivity index (χ3n) is 3.29. The van der Waals surface area contributed by atoms with Crippen molar-refractivity contribution in [2.45, 2.75) is 32.1 Å². The van der Waals surface area contributed by atoms with E-state index in [1.54, 1.807) is 0 Å². The molecule has 1 fully saturated rings. The third kappa shape index (κ3) is 3.48. The number of nitrogen functional groups attached to an aromatic ring is 1. The van der Waals surface area contributed by atoms with Gasteiger partial charge in [0.15, 0.2) is 0 Å². The molecule has 17 heavy (non-hydrogen) atoms. The van der Waals surface area contributed by atoms with Crippen LogP contribution in [0, 0.1) is 0 Å². The highest BCUT2D eigenvalue weighted by atomic mass is 16.2. The lowest BCUT2D eigenvalue weighted by molar-refractivity contribution is -0.133. The number of nitrogens with two attached hydrogens (primary N) is 1. The van der Waals surface area contributed by atoms with Crippen molar-refractivity contribution >= 4 is 11.6 Å². The number of nitrogens with zero attached hydrogens (tertiary/aromatic N) is 1. The number of rotatable bonds is 4. The summed E-state index contributed by atoms with van der Waals surface area (Å²) in [4.78, 5) is 13.6. The Kier molecular flexibility index (Phi) is 4.02. The molecule has 0 aliphatic carbocycles. The number of aryl methyl sites for hydroxylation is 1. The first kappa shape index (κ1) is 12.0. The standard InChI is InChI=1S/C14H20N2O/c15-13-8-6-12(7-9-13)4-3-11-16-10-2-1-5-14(16)17/h6-9H,1-5,10-11,15H2. The summed E-state index contributed by atoms with van der Waals surface area (Å²) in [6.45, 7) is 1.84. The van der Waals surface area contributed by atoms with Crippen molar-refractivity contribution in [3.63, 3.8) is 0 Å². The highest BCUT2D eigenvalue weighted by Gasteiger charge is 2.16. The van der Waals surface area contributed by atoms with Crippen LogP contribution in [0.1, 0.15) is 31.2 Å². The van der Waals surface area contributed by atoms with Crippen molar-refractivity contribution in [1.29, 1.82) is 0 Å². The number of hydrogen-bond donors (Lipinski definition) is 1. The monoisotopic (exact) mass is 232 g/mol. The van der Waals surface area contributed by atoms with Crippen molar-refractivity contribution in [3.05, 3.63) is 29.8 Å². The highest BCUT2D eigenvalue weighted by Crippen LogP contribution is 2.12. The number of anilines is 1.